The lowest BCUT2D eigenvalue weighted by Gasteiger charge is -2.09. The summed E-state index contributed by atoms with van der Waals surface area (Å²) in [5.41, 5.74) is 2.14. The maximum Gasteiger partial charge on any atom is 0.233 e. The topological polar surface area (TPSA) is 71.1 Å². The minimum atomic E-state index is -3.28. The molecule has 0 saturated heterocycles. The number of hydrogen-bond acceptors (Lipinski definition) is 4. The molecule has 2 rings (SSSR count). The molecule has 0 spiro atoms. The van der Waals surface area contributed by atoms with Crippen LogP contribution in [0.4, 0.5) is 11.5 Å². The monoisotopic (exact) mass is 319 g/mol. The molecule has 6 heteroatoms. The summed E-state index contributed by atoms with van der Waals surface area (Å²) in [4.78, 5) is 4.12. The summed E-state index contributed by atoms with van der Waals surface area (Å²) in [5.74, 6) is 0.452. The zero-order valence-corrected chi connectivity index (χ0v) is 13.4. The van der Waals surface area contributed by atoms with Crippen LogP contribution < -0.4 is 10.0 Å². The lowest BCUT2D eigenvalue weighted by molar-refractivity contribution is 0.599. The molecule has 0 aliphatic rings. The molecule has 118 valence electrons. The molecule has 22 heavy (non-hydrogen) atoms. The molecule has 1 heterocycles. The Labute approximate surface area is 131 Å². The van der Waals surface area contributed by atoms with Crippen LogP contribution in [0.3, 0.4) is 0 Å². The van der Waals surface area contributed by atoms with Gasteiger partial charge < -0.3 is 5.32 Å². The standard InChI is InChI=1S/C16H21N3O2S/c1-2-12-22(20,21)19-16-9-8-15(13-18-16)17-11-10-14-6-4-3-5-7-14/h3-9,13,17H,2,10-12H2,1H3,(H,18,19). The van der Waals surface area contributed by atoms with E-state index in [2.05, 4.69) is 27.2 Å². The van der Waals surface area contributed by atoms with Crippen LogP contribution in [0.2, 0.25) is 0 Å². The Morgan fingerprint density at radius 3 is 2.50 bits per heavy atom. The molecule has 2 aromatic rings. The van der Waals surface area contributed by atoms with Gasteiger partial charge in [-0.3, -0.25) is 4.72 Å². The molecule has 1 aromatic carbocycles. The number of anilines is 2. The first kappa shape index (κ1) is 16.3. The Hall–Kier alpha value is -2.08. The first-order valence-electron chi connectivity index (χ1n) is 7.33. The van der Waals surface area contributed by atoms with Gasteiger partial charge in [-0.1, -0.05) is 37.3 Å². The summed E-state index contributed by atoms with van der Waals surface area (Å²) in [7, 11) is -3.28. The van der Waals surface area contributed by atoms with Gasteiger partial charge >= 0.3 is 0 Å². The van der Waals surface area contributed by atoms with Crippen molar-refractivity contribution in [1.82, 2.24) is 4.98 Å². The van der Waals surface area contributed by atoms with E-state index in [0.717, 1.165) is 18.7 Å². The van der Waals surface area contributed by atoms with Crippen LogP contribution in [-0.2, 0) is 16.4 Å². The molecule has 0 amide bonds. The van der Waals surface area contributed by atoms with Crippen molar-refractivity contribution in [2.45, 2.75) is 19.8 Å². The normalized spacial score (nSPS) is 11.1. The summed E-state index contributed by atoms with van der Waals surface area (Å²) >= 11 is 0. The highest BCUT2D eigenvalue weighted by Gasteiger charge is 2.09. The van der Waals surface area contributed by atoms with Crippen molar-refractivity contribution in [2.24, 2.45) is 0 Å². The lowest BCUT2D eigenvalue weighted by Crippen LogP contribution is -2.16. The van der Waals surface area contributed by atoms with Crippen molar-refractivity contribution in [1.29, 1.82) is 0 Å². The number of aromatic nitrogens is 1. The van der Waals surface area contributed by atoms with E-state index in [-0.39, 0.29) is 5.75 Å². The summed E-state index contributed by atoms with van der Waals surface area (Å²) in [5, 5.41) is 3.27. The number of nitrogens with one attached hydrogen (secondary N) is 2. The van der Waals surface area contributed by atoms with Crippen LogP contribution in [-0.4, -0.2) is 25.7 Å². The van der Waals surface area contributed by atoms with Crippen molar-refractivity contribution in [3.63, 3.8) is 0 Å². The molecule has 0 fully saturated rings. The quantitative estimate of drug-likeness (QED) is 0.785. The molecule has 1 aromatic heterocycles. The van der Waals surface area contributed by atoms with Crippen LogP contribution in [0.15, 0.2) is 48.7 Å². The Bertz CT molecular complexity index is 670. The average Bonchev–Trinajstić information content (AvgIpc) is 2.50. The first-order valence-corrected chi connectivity index (χ1v) is 8.98. The summed E-state index contributed by atoms with van der Waals surface area (Å²) in [6.45, 7) is 2.62. The van der Waals surface area contributed by atoms with Crippen LogP contribution in [0.5, 0.6) is 0 Å². The van der Waals surface area contributed by atoms with Crippen LogP contribution in [0.1, 0.15) is 18.9 Å². The van der Waals surface area contributed by atoms with E-state index in [1.54, 1.807) is 12.3 Å². The average molecular weight is 319 g/mol. The van der Waals surface area contributed by atoms with Gasteiger partial charge in [-0.2, -0.15) is 0 Å². The fourth-order valence-electron chi connectivity index (χ4n) is 2.03. The van der Waals surface area contributed by atoms with E-state index in [0.29, 0.717) is 12.2 Å². The van der Waals surface area contributed by atoms with Gasteiger partial charge in [-0.05, 0) is 30.5 Å². The zero-order valence-electron chi connectivity index (χ0n) is 12.6. The van der Waals surface area contributed by atoms with Crippen molar-refractivity contribution < 1.29 is 8.42 Å². The Morgan fingerprint density at radius 1 is 1.09 bits per heavy atom. The van der Waals surface area contributed by atoms with Gasteiger partial charge in [0.25, 0.3) is 0 Å². The lowest BCUT2D eigenvalue weighted by atomic mass is 10.1. The third kappa shape index (κ3) is 5.37. The second-order valence-electron chi connectivity index (χ2n) is 5.02. The van der Waals surface area contributed by atoms with E-state index in [9.17, 15) is 8.42 Å². The van der Waals surface area contributed by atoms with Crippen LogP contribution in [0, 0.1) is 0 Å². The molecule has 5 nitrogen and oxygen atoms in total. The fourth-order valence-corrected chi connectivity index (χ4v) is 3.11. The van der Waals surface area contributed by atoms with Gasteiger partial charge in [-0.15, -0.1) is 0 Å². The van der Waals surface area contributed by atoms with Gasteiger partial charge in [0.1, 0.15) is 5.82 Å². The van der Waals surface area contributed by atoms with Gasteiger partial charge in [0.05, 0.1) is 17.6 Å². The van der Waals surface area contributed by atoms with Gasteiger partial charge in [-0.25, -0.2) is 13.4 Å². The first-order chi connectivity index (χ1) is 10.6. The third-order valence-corrected chi connectivity index (χ3v) is 4.55. The smallest absolute Gasteiger partial charge is 0.233 e. The van der Waals surface area contributed by atoms with E-state index >= 15 is 0 Å². The van der Waals surface area contributed by atoms with Crippen molar-refractivity contribution in [3.05, 3.63) is 54.2 Å². The zero-order chi connectivity index (χ0) is 15.8. The molecule has 2 N–H and O–H groups in total. The molecule has 0 bridgehead atoms. The van der Waals surface area contributed by atoms with Crippen molar-refractivity contribution in [2.75, 3.05) is 22.3 Å². The predicted molar refractivity (Wildman–Crippen MR) is 90.6 cm³/mol. The Kier molecular flexibility index (Phi) is 5.77. The van der Waals surface area contributed by atoms with Crippen molar-refractivity contribution in [3.8, 4) is 0 Å². The Morgan fingerprint density at radius 2 is 1.86 bits per heavy atom. The Balaban J connectivity index is 1.84. The third-order valence-electron chi connectivity index (χ3n) is 3.08. The van der Waals surface area contributed by atoms with E-state index in [4.69, 9.17) is 0 Å². The summed E-state index contributed by atoms with van der Waals surface area (Å²) in [6, 6.07) is 13.7. The van der Waals surface area contributed by atoms with E-state index in [1.807, 2.05) is 31.2 Å². The van der Waals surface area contributed by atoms with Crippen LogP contribution in [0.25, 0.3) is 0 Å². The van der Waals surface area contributed by atoms with E-state index in [1.165, 1.54) is 5.56 Å². The van der Waals surface area contributed by atoms with Gasteiger partial charge in [0.2, 0.25) is 10.0 Å². The summed E-state index contributed by atoms with van der Waals surface area (Å²) in [6.07, 6.45) is 3.13. The minimum Gasteiger partial charge on any atom is -0.383 e. The fraction of sp³-hybridized carbons (Fsp3) is 0.312. The predicted octanol–water partition coefficient (Wildman–Crippen LogP) is 2.89. The molecule has 0 aliphatic carbocycles. The number of benzene rings is 1. The SMILES string of the molecule is CCCS(=O)(=O)Nc1ccc(NCCc2ccccc2)cn1. The molecule has 0 aliphatic heterocycles. The molecule has 0 radical (unpaired) electrons. The highest BCUT2D eigenvalue weighted by molar-refractivity contribution is 7.92. The molecular weight excluding hydrogens is 298 g/mol. The number of nitrogens with zero attached hydrogens (tertiary/aromatic N) is 1. The molecule has 0 saturated carbocycles. The maximum atomic E-state index is 11.6. The number of hydrogen-bond donors (Lipinski definition) is 2. The van der Waals surface area contributed by atoms with Gasteiger partial charge in [0, 0.05) is 6.54 Å². The molecule has 0 atom stereocenters. The highest BCUT2D eigenvalue weighted by atomic mass is 32.2. The second-order valence-corrected chi connectivity index (χ2v) is 6.86. The second kappa shape index (κ2) is 7.79. The van der Waals surface area contributed by atoms with Crippen LogP contribution >= 0.6 is 0 Å². The molecular formula is C16H21N3O2S. The minimum absolute atomic E-state index is 0.103. The summed E-state index contributed by atoms with van der Waals surface area (Å²) < 4.78 is 25.8. The maximum absolute atomic E-state index is 11.6. The number of sulfonamides is 1. The number of rotatable bonds is 8. The highest BCUT2D eigenvalue weighted by Crippen LogP contribution is 2.11. The number of pyridine rings is 1. The molecule has 0 unspecified atom stereocenters. The largest absolute Gasteiger partial charge is 0.383 e. The van der Waals surface area contributed by atoms with E-state index < -0.39 is 10.0 Å². The van der Waals surface area contributed by atoms with Crippen molar-refractivity contribution >= 4 is 21.5 Å². The van der Waals surface area contributed by atoms with Gasteiger partial charge in [0.15, 0.2) is 0 Å².